The van der Waals surface area contributed by atoms with Gasteiger partial charge in [0.1, 0.15) is 0 Å². The van der Waals surface area contributed by atoms with Gasteiger partial charge in [-0.3, -0.25) is 14.9 Å². The molecule has 1 aliphatic rings. The largest absolute Gasteiger partial charge is 0.332 e. The third kappa shape index (κ3) is 4.21. The Kier molecular flexibility index (Phi) is 5.42. The van der Waals surface area contributed by atoms with Crippen LogP contribution >= 0.6 is 28.1 Å². The first-order valence-corrected chi connectivity index (χ1v) is 10.1. The topological polar surface area (TPSA) is 61.4 Å². The summed E-state index contributed by atoms with van der Waals surface area (Å²) in [6.45, 7) is 0.558. The third-order valence-corrected chi connectivity index (χ3v) is 5.27. The molecule has 0 fully saturated rings. The molecule has 0 saturated carbocycles. The van der Waals surface area contributed by atoms with Gasteiger partial charge in [0, 0.05) is 27.0 Å². The maximum Gasteiger partial charge on any atom is 0.258 e. The SMILES string of the molecule is O=C(NC(=S)Nc1ccc(N2Cc3ccccc3C2=O)cc1)c1cccc(Br)c1. The lowest BCUT2D eigenvalue weighted by atomic mass is 10.1. The van der Waals surface area contributed by atoms with Crippen molar-refractivity contribution in [3.05, 3.63) is 94.0 Å². The molecule has 0 atom stereocenters. The molecule has 3 aromatic rings. The maximum absolute atomic E-state index is 12.6. The maximum atomic E-state index is 12.6. The monoisotopic (exact) mass is 465 g/mol. The highest BCUT2D eigenvalue weighted by Crippen LogP contribution is 2.28. The molecule has 1 aliphatic heterocycles. The van der Waals surface area contributed by atoms with E-state index in [1.807, 2.05) is 54.6 Å². The molecule has 2 amide bonds. The predicted molar refractivity (Wildman–Crippen MR) is 121 cm³/mol. The van der Waals surface area contributed by atoms with Crippen molar-refractivity contribution in [2.45, 2.75) is 6.54 Å². The van der Waals surface area contributed by atoms with Crippen LogP contribution < -0.4 is 15.5 Å². The minimum absolute atomic E-state index is 0.00175. The first-order valence-electron chi connectivity index (χ1n) is 8.89. The minimum atomic E-state index is -0.291. The molecule has 0 saturated heterocycles. The fourth-order valence-corrected chi connectivity index (χ4v) is 3.76. The standard InChI is InChI=1S/C22H16BrN3O2S/c23-16-6-3-5-14(12-16)20(27)25-22(29)24-17-8-10-18(11-9-17)26-13-15-4-1-2-7-19(15)21(26)28/h1-12H,13H2,(H2,24,25,27,29). The highest BCUT2D eigenvalue weighted by molar-refractivity contribution is 9.10. The van der Waals surface area contributed by atoms with Crippen LogP contribution in [0.25, 0.3) is 0 Å². The Hall–Kier alpha value is -3.03. The van der Waals surface area contributed by atoms with E-state index in [1.165, 1.54) is 0 Å². The summed E-state index contributed by atoms with van der Waals surface area (Å²) in [6.07, 6.45) is 0. The third-order valence-electron chi connectivity index (χ3n) is 4.57. The van der Waals surface area contributed by atoms with Crippen molar-refractivity contribution >= 4 is 56.4 Å². The molecule has 0 aliphatic carbocycles. The molecule has 2 N–H and O–H groups in total. The number of amides is 2. The smallest absolute Gasteiger partial charge is 0.258 e. The zero-order valence-corrected chi connectivity index (χ0v) is 17.6. The number of hydrogen-bond donors (Lipinski definition) is 2. The number of halogens is 1. The molecule has 7 heteroatoms. The van der Waals surface area contributed by atoms with Crippen LogP contribution in [-0.2, 0) is 6.54 Å². The summed E-state index contributed by atoms with van der Waals surface area (Å²) in [5, 5.41) is 5.85. The zero-order valence-electron chi connectivity index (χ0n) is 15.2. The van der Waals surface area contributed by atoms with E-state index in [1.54, 1.807) is 23.1 Å². The van der Waals surface area contributed by atoms with Gasteiger partial charge in [-0.2, -0.15) is 0 Å². The molecular formula is C22H16BrN3O2S. The van der Waals surface area contributed by atoms with Crippen LogP contribution in [0.2, 0.25) is 0 Å². The number of fused-ring (bicyclic) bond motifs is 1. The van der Waals surface area contributed by atoms with Gasteiger partial charge in [-0.05, 0) is 66.3 Å². The van der Waals surface area contributed by atoms with Gasteiger partial charge >= 0.3 is 0 Å². The van der Waals surface area contributed by atoms with Crippen molar-refractivity contribution < 1.29 is 9.59 Å². The van der Waals surface area contributed by atoms with Crippen LogP contribution in [-0.4, -0.2) is 16.9 Å². The fourth-order valence-electron chi connectivity index (χ4n) is 3.15. The summed E-state index contributed by atoms with van der Waals surface area (Å²) >= 11 is 8.57. The van der Waals surface area contributed by atoms with E-state index < -0.39 is 0 Å². The number of anilines is 2. The van der Waals surface area contributed by atoms with Crippen LogP contribution in [0.1, 0.15) is 26.3 Å². The molecule has 5 nitrogen and oxygen atoms in total. The Morgan fingerprint density at radius 2 is 1.76 bits per heavy atom. The normalized spacial score (nSPS) is 12.4. The molecule has 0 bridgehead atoms. The molecule has 0 radical (unpaired) electrons. The molecule has 3 aromatic carbocycles. The van der Waals surface area contributed by atoms with Gasteiger partial charge in [0.15, 0.2) is 5.11 Å². The second-order valence-electron chi connectivity index (χ2n) is 6.51. The van der Waals surface area contributed by atoms with Crippen LogP contribution in [0.5, 0.6) is 0 Å². The number of rotatable bonds is 3. The highest BCUT2D eigenvalue weighted by atomic mass is 79.9. The molecule has 1 heterocycles. The van der Waals surface area contributed by atoms with Crippen LogP contribution in [0, 0.1) is 0 Å². The van der Waals surface area contributed by atoms with E-state index in [9.17, 15) is 9.59 Å². The lowest BCUT2D eigenvalue weighted by Crippen LogP contribution is -2.34. The number of thiocarbonyl (C=S) groups is 1. The highest BCUT2D eigenvalue weighted by Gasteiger charge is 2.27. The molecule has 29 heavy (non-hydrogen) atoms. The van der Waals surface area contributed by atoms with Gasteiger partial charge < -0.3 is 10.2 Å². The molecule has 0 spiro atoms. The molecular weight excluding hydrogens is 450 g/mol. The second kappa shape index (κ2) is 8.14. The summed E-state index contributed by atoms with van der Waals surface area (Å²) in [4.78, 5) is 26.6. The van der Waals surface area contributed by atoms with Crippen molar-refractivity contribution in [3.63, 3.8) is 0 Å². The lowest BCUT2D eigenvalue weighted by molar-refractivity contribution is 0.0974. The second-order valence-corrected chi connectivity index (χ2v) is 7.84. The van der Waals surface area contributed by atoms with Gasteiger partial charge in [0.25, 0.3) is 11.8 Å². The van der Waals surface area contributed by atoms with Gasteiger partial charge in [-0.25, -0.2) is 0 Å². The van der Waals surface area contributed by atoms with E-state index in [4.69, 9.17) is 12.2 Å². The van der Waals surface area contributed by atoms with Gasteiger partial charge in [-0.15, -0.1) is 0 Å². The van der Waals surface area contributed by atoms with Crippen molar-refractivity contribution in [2.24, 2.45) is 0 Å². The van der Waals surface area contributed by atoms with Crippen LogP contribution in [0.3, 0.4) is 0 Å². The van der Waals surface area contributed by atoms with Crippen molar-refractivity contribution in [1.82, 2.24) is 5.32 Å². The Morgan fingerprint density at radius 3 is 2.48 bits per heavy atom. The Labute approximate surface area is 181 Å². The van der Waals surface area contributed by atoms with E-state index in [-0.39, 0.29) is 16.9 Å². The van der Waals surface area contributed by atoms with E-state index in [0.29, 0.717) is 12.1 Å². The lowest BCUT2D eigenvalue weighted by Gasteiger charge is -2.16. The summed E-state index contributed by atoms with van der Waals surface area (Å²) in [5.74, 6) is -0.293. The number of hydrogen-bond acceptors (Lipinski definition) is 3. The Morgan fingerprint density at radius 1 is 1.00 bits per heavy atom. The van der Waals surface area contributed by atoms with E-state index in [0.717, 1.165) is 27.0 Å². The van der Waals surface area contributed by atoms with Gasteiger partial charge in [0.05, 0.1) is 6.54 Å². The van der Waals surface area contributed by atoms with Crippen molar-refractivity contribution in [3.8, 4) is 0 Å². The molecule has 0 unspecified atom stereocenters. The minimum Gasteiger partial charge on any atom is -0.332 e. The van der Waals surface area contributed by atoms with E-state index >= 15 is 0 Å². The summed E-state index contributed by atoms with van der Waals surface area (Å²) in [6, 6.07) is 22.0. The first-order chi connectivity index (χ1) is 14.0. The van der Waals surface area contributed by atoms with Gasteiger partial charge in [0.2, 0.25) is 0 Å². The van der Waals surface area contributed by atoms with E-state index in [2.05, 4.69) is 26.6 Å². The summed E-state index contributed by atoms with van der Waals surface area (Å²) in [5.41, 5.74) is 3.80. The molecule has 0 aromatic heterocycles. The number of benzene rings is 3. The van der Waals surface area contributed by atoms with Crippen LogP contribution in [0.4, 0.5) is 11.4 Å². The van der Waals surface area contributed by atoms with Crippen LogP contribution in [0.15, 0.2) is 77.3 Å². The molecule has 4 rings (SSSR count). The number of carbonyl (C=O) groups is 2. The first kappa shape index (κ1) is 19.3. The van der Waals surface area contributed by atoms with Crippen molar-refractivity contribution in [2.75, 3.05) is 10.2 Å². The average Bonchev–Trinajstić information content (AvgIpc) is 3.05. The summed E-state index contributed by atoms with van der Waals surface area (Å²) in [7, 11) is 0. The number of nitrogens with zero attached hydrogens (tertiary/aromatic N) is 1. The summed E-state index contributed by atoms with van der Waals surface area (Å²) < 4.78 is 0.818. The Bertz CT molecular complexity index is 1120. The fraction of sp³-hybridized carbons (Fsp3) is 0.0455. The zero-order chi connectivity index (χ0) is 20.4. The van der Waals surface area contributed by atoms with Gasteiger partial charge in [-0.1, -0.05) is 40.2 Å². The van der Waals surface area contributed by atoms with Crippen molar-refractivity contribution in [1.29, 1.82) is 0 Å². The average molecular weight is 466 g/mol. The quantitative estimate of drug-likeness (QED) is 0.548. The predicted octanol–water partition coefficient (Wildman–Crippen LogP) is 4.74. The number of carbonyl (C=O) groups excluding carboxylic acids is 2. The Balaban J connectivity index is 1.39. The number of nitrogens with one attached hydrogen (secondary N) is 2. The molecule has 144 valence electrons.